The normalized spacial score (nSPS) is 21.4. The molecule has 2 aromatic carbocycles. The second kappa shape index (κ2) is 5.73. The van der Waals surface area contributed by atoms with Gasteiger partial charge in [-0.25, -0.2) is 0 Å². The van der Waals surface area contributed by atoms with Crippen molar-refractivity contribution in [3.05, 3.63) is 48.0 Å². The summed E-state index contributed by atoms with van der Waals surface area (Å²) in [7, 11) is 0. The van der Waals surface area contributed by atoms with Crippen molar-refractivity contribution in [3.8, 4) is 0 Å². The van der Waals surface area contributed by atoms with Gasteiger partial charge in [-0.2, -0.15) is 0 Å². The highest BCUT2D eigenvalue weighted by molar-refractivity contribution is 5.84. The summed E-state index contributed by atoms with van der Waals surface area (Å²) >= 11 is 0. The predicted octanol–water partition coefficient (Wildman–Crippen LogP) is 2.78. The first-order chi connectivity index (χ1) is 11.2. The van der Waals surface area contributed by atoms with Gasteiger partial charge in [-0.05, 0) is 42.5 Å². The molecule has 3 heteroatoms. The fraction of sp³-hybridized carbons (Fsp3) is 0.450. The van der Waals surface area contributed by atoms with E-state index in [0.717, 1.165) is 26.1 Å². The summed E-state index contributed by atoms with van der Waals surface area (Å²) in [6, 6.07) is 15.0. The van der Waals surface area contributed by atoms with Gasteiger partial charge in [0.25, 0.3) is 0 Å². The molecule has 1 N–H and O–H groups in total. The van der Waals surface area contributed by atoms with Crippen molar-refractivity contribution in [2.24, 2.45) is 0 Å². The Morgan fingerprint density at radius 3 is 2.74 bits per heavy atom. The van der Waals surface area contributed by atoms with Crippen molar-refractivity contribution in [2.75, 3.05) is 19.6 Å². The van der Waals surface area contributed by atoms with E-state index in [0.29, 0.717) is 5.54 Å². The van der Waals surface area contributed by atoms with E-state index in [1.54, 1.807) is 6.92 Å². The van der Waals surface area contributed by atoms with Crippen molar-refractivity contribution in [3.63, 3.8) is 0 Å². The minimum atomic E-state index is 0.00994. The molecular weight excluding hydrogens is 284 g/mol. The summed E-state index contributed by atoms with van der Waals surface area (Å²) in [4.78, 5) is 14.7. The average molecular weight is 308 g/mol. The predicted molar refractivity (Wildman–Crippen MR) is 93.7 cm³/mol. The van der Waals surface area contributed by atoms with E-state index in [9.17, 15) is 4.79 Å². The van der Waals surface area contributed by atoms with Crippen LogP contribution in [0.25, 0.3) is 10.8 Å². The highest BCUT2D eigenvalue weighted by Crippen LogP contribution is 2.38. The van der Waals surface area contributed by atoms with Crippen LogP contribution in [0.1, 0.15) is 25.3 Å². The number of hydrogen-bond acceptors (Lipinski definition) is 3. The Morgan fingerprint density at radius 1 is 1.22 bits per heavy atom. The standard InChI is InChI=1S/C20H24N2O/c1-15(23)19(22-11-10-21-20(14-22)8-9-20)13-16-6-7-17-4-2-3-5-18(17)12-16/h2-7,12,19,21H,8-11,13-14H2,1H3/t19-/m0/s1. The molecule has 1 spiro atoms. The maximum Gasteiger partial charge on any atom is 0.147 e. The zero-order valence-electron chi connectivity index (χ0n) is 13.7. The lowest BCUT2D eigenvalue weighted by Gasteiger charge is -2.38. The van der Waals surface area contributed by atoms with Crippen LogP contribution < -0.4 is 5.32 Å². The molecule has 1 saturated heterocycles. The molecule has 0 amide bonds. The van der Waals surface area contributed by atoms with E-state index >= 15 is 0 Å². The molecule has 23 heavy (non-hydrogen) atoms. The summed E-state index contributed by atoms with van der Waals surface area (Å²) in [5.41, 5.74) is 1.57. The summed E-state index contributed by atoms with van der Waals surface area (Å²) in [6.07, 6.45) is 3.32. The van der Waals surface area contributed by atoms with Crippen molar-refractivity contribution in [1.82, 2.24) is 10.2 Å². The Balaban J connectivity index is 1.56. The first-order valence-corrected chi connectivity index (χ1v) is 8.62. The maximum atomic E-state index is 12.3. The van der Waals surface area contributed by atoms with E-state index in [1.807, 2.05) is 0 Å². The summed E-state index contributed by atoms with van der Waals surface area (Å²) in [5.74, 6) is 0.288. The summed E-state index contributed by atoms with van der Waals surface area (Å²) < 4.78 is 0. The number of fused-ring (bicyclic) bond motifs is 1. The topological polar surface area (TPSA) is 32.3 Å². The number of ketones is 1. The minimum absolute atomic E-state index is 0.00994. The van der Waals surface area contributed by atoms with Crippen molar-refractivity contribution in [1.29, 1.82) is 0 Å². The number of carbonyl (C=O) groups is 1. The zero-order chi connectivity index (χ0) is 15.9. The largest absolute Gasteiger partial charge is 0.309 e. The molecule has 4 rings (SSSR count). The lowest BCUT2D eigenvalue weighted by Crippen LogP contribution is -2.57. The van der Waals surface area contributed by atoms with Gasteiger partial charge >= 0.3 is 0 Å². The van der Waals surface area contributed by atoms with Crippen LogP contribution >= 0.6 is 0 Å². The molecule has 0 bridgehead atoms. The van der Waals surface area contributed by atoms with Crippen LogP contribution in [-0.4, -0.2) is 41.9 Å². The van der Waals surface area contributed by atoms with E-state index in [2.05, 4.69) is 52.7 Å². The number of Topliss-reactive ketones (excluding diaryl/α,β-unsaturated/α-hetero) is 1. The highest BCUT2D eigenvalue weighted by atomic mass is 16.1. The van der Waals surface area contributed by atoms with Crippen molar-refractivity contribution in [2.45, 2.75) is 37.8 Å². The second-order valence-corrected chi connectivity index (χ2v) is 7.19. The number of hydrogen-bond donors (Lipinski definition) is 1. The molecule has 0 radical (unpaired) electrons. The van der Waals surface area contributed by atoms with Gasteiger partial charge in [0.1, 0.15) is 5.78 Å². The van der Waals surface area contributed by atoms with Gasteiger partial charge in [-0.1, -0.05) is 42.5 Å². The van der Waals surface area contributed by atoms with Gasteiger partial charge in [0.05, 0.1) is 6.04 Å². The SMILES string of the molecule is CC(=O)[C@H](Cc1ccc2ccccc2c1)N1CCNC2(CC2)C1. The van der Waals surface area contributed by atoms with Crippen molar-refractivity contribution < 1.29 is 4.79 Å². The van der Waals surface area contributed by atoms with Crippen molar-refractivity contribution >= 4 is 16.6 Å². The molecule has 3 nitrogen and oxygen atoms in total. The Labute approximate surface area is 137 Å². The van der Waals surface area contributed by atoms with E-state index in [-0.39, 0.29) is 11.8 Å². The van der Waals surface area contributed by atoms with Gasteiger partial charge in [-0.3, -0.25) is 9.69 Å². The minimum Gasteiger partial charge on any atom is -0.309 e. The van der Waals surface area contributed by atoms with Gasteiger partial charge in [0, 0.05) is 25.2 Å². The third-order valence-electron chi connectivity index (χ3n) is 5.41. The highest BCUT2D eigenvalue weighted by Gasteiger charge is 2.46. The van der Waals surface area contributed by atoms with E-state index in [1.165, 1.54) is 29.2 Å². The number of rotatable bonds is 4. The van der Waals surface area contributed by atoms with E-state index < -0.39 is 0 Å². The molecule has 2 aromatic rings. The lowest BCUT2D eigenvalue weighted by molar-refractivity contribution is -0.122. The molecule has 1 heterocycles. The third kappa shape index (κ3) is 3.04. The number of piperazine rings is 1. The molecule has 0 aromatic heterocycles. The Bertz CT molecular complexity index is 735. The number of benzene rings is 2. The lowest BCUT2D eigenvalue weighted by atomic mass is 9.97. The molecule has 1 aliphatic carbocycles. The van der Waals surface area contributed by atoms with Gasteiger partial charge in [-0.15, -0.1) is 0 Å². The third-order valence-corrected chi connectivity index (χ3v) is 5.41. The van der Waals surface area contributed by atoms with Crippen LogP contribution in [0, 0.1) is 0 Å². The van der Waals surface area contributed by atoms with E-state index in [4.69, 9.17) is 0 Å². The summed E-state index contributed by atoms with van der Waals surface area (Å²) in [5, 5.41) is 6.14. The molecule has 1 saturated carbocycles. The fourth-order valence-electron chi connectivity index (χ4n) is 3.86. The maximum absolute atomic E-state index is 12.3. The van der Waals surface area contributed by atoms with Gasteiger partial charge in [0.2, 0.25) is 0 Å². The number of carbonyl (C=O) groups excluding carboxylic acids is 1. The molecule has 2 fully saturated rings. The average Bonchev–Trinajstić information content (AvgIpc) is 3.30. The first-order valence-electron chi connectivity index (χ1n) is 8.62. The fourth-order valence-corrected chi connectivity index (χ4v) is 3.86. The molecule has 1 aliphatic heterocycles. The van der Waals surface area contributed by atoms with Crippen LogP contribution in [-0.2, 0) is 11.2 Å². The monoisotopic (exact) mass is 308 g/mol. The second-order valence-electron chi connectivity index (χ2n) is 7.19. The van der Waals surface area contributed by atoms with Crippen LogP contribution in [0.15, 0.2) is 42.5 Å². The number of nitrogens with one attached hydrogen (secondary N) is 1. The molecule has 1 atom stereocenters. The molecular formula is C20H24N2O. The first kappa shape index (κ1) is 14.9. The van der Waals surface area contributed by atoms with Crippen LogP contribution in [0.2, 0.25) is 0 Å². The van der Waals surface area contributed by atoms with Crippen LogP contribution in [0.4, 0.5) is 0 Å². The number of nitrogens with zero attached hydrogens (tertiary/aromatic N) is 1. The summed E-state index contributed by atoms with van der Waals surface area (Å²) in [6.45, 7) is 4.74. The zero-order valence-corrected chi connectivity index (χ0v) is 13.7. The Morgan fingerprint density at radius 2 is 2.00 bits per heavy atom. The Hall–Kier alpha value is -1.71. The molecule has 120 valence electrons. The van der Waals surface area contributed by atoms with Crippen LogP contribution in [0.3, 0.4) is 0 Å². The Kier molecular flexibility index (Phi) is 3.70. The molecule has 2 aliphatic rings. The van der Waals surface area contributed by atoms with Gasteiger partial charge in [0.15, 0.2) is 0 Å². The molecule has 0 unspecified atom stereocenters. The smallest absolute Gasteiger partial charge is 0.147 e. The van der Waals surface area contributed by atoms with Crippen LogP contribution in [0.5, 0.6) is 0 Å². The van der Waals surface area contributed by atoms with Gasteiger partial charge < -0.3 is 5.32 Å². The quantitative estimate of drug-likeness (QED) is 0.942.